The first kappa shape index (κ1) is 18.2. The second kappa shape index (κ2) is 9.20. The molecule has 24 heavy (non-hydrogen) atoms. The summed E-state index contributed by atoms with van der Waals surface area (Å²) in [5.74, 6) is 0.866. The van der Waals surface area contributed by atoms with E-state index in [9.17, 15) is 4.39 Å². The molecule has 0 fully saturated rings. The lowest BCUT2D eigenvalue weighted by atomic mass is 10.1. The summed E-state index contributed by atoms with van der Waals surface area (Å²) in [5, 5.41) is 3.12. The van der Waals surface area contributed by atoms with Crippen molar-refractivity contribution >= 4 is 17.2 Å². The highest BCUT2D eigenvalue weighted by atomic mass is 32.1. The monoisotopic (exact) mass is 349 g/mol. The van der Waals surface area contributed by atoms with Crippen molar-refractivity contribution in [2.75, 3.05) is 27.4 Å². The van der Waals surface area contributed by atoms with Crippen LogP contribution in [-0.2, 0) is 11.3 Å². The first-order valence-electron chi connectivity index (χ1n) is 7.47. The van der Waals surface area contributed by atoms with Crippen LogP contribution in [0.15, 0.2) is 42.5 Å². The van der Waals surface area contributed by atoms with Crippen LogP contribution in [0.5, 0.6) is 11.5 Å². The van der Waals surface area contributed by atoms with Crippen LogP contribution in [-0.4, -0.2) is 32.4 Å². The van der Waals surface area contributed by atoms with Crippen molar-refractivity contribution in [2.45, 2.75) is 6.61 Å². The van der Waals surface area contributed by atoms with E-state index in [4.69, 9.17) is 26.4 Å². The molecular weight excluding hydrogens is 329 g/mol. The van der Waals surface area contributed by atoms with Crippen LogP contribution < -0.4 is 14.8 Å². The van der Waals surface area contributed by atoms with E-state index < -0.39 is 0 Å². The van der Waals surface area contributed by atoms with E-state index in [-0.39, 0.29) is 12.4 Å². The molecule has 0 bridgehead atoms. The number of benzene rings is 2. The highest BCUT2D eigenvalue weighted by molar-refractivity contribution is 7.80. The third-order valence-electron chi connectivity index (χ3n) is 3.33. The largest absolute Gasteiger partial charge is 0.493 e. The minimum Gasteiger partial charge on any atom is -0.493 e. The van der Waals surface area contributed by atoms with Gasteiger partial charge < -0.3 is 19.5 Å². The number of para-hydroxylation sites is 1. The van der Waals surface area contributed by atoms with Crippen LogP contribution in [0, 0.1) is 5.82 Å². The van der Waals surface area contributed by atoms with Gasteiger partial charge in [-0.1, -0.05) is 30.4 Å². The van der Waals surface area contributed by atoms with E-state index >= 15 is 0 Å². The highest BCUT2D eigenvalue weighted by Crippen LogP contribution is 2.32. The van der Waals surface area contributed by atoms with Crippen LogP contribution in [0.1, 0.15) is 11.1 Å². The third-order valence-corrected chi connectivity index (χ3v) is 3.70. The zero-order chi connectivity index (χ0) is 17.4. The maximum Gasteiger partial charge on any atom is 0.171 e. The van der Waals surface area contributed by atoms with Gasteiger partial charge in [-0.15, -0.1) is 0 Å². The quantitative estimate of drug-likeness (QED) is 0.585. The molecule has 1 N–H and O–H groups in total. The van der Waals surface area contributed by atoms with Gasteiger partial charge in [0.2, 0.25) is 0 Å². The van der Waals surface area contributed by atoms with Crippen molar-refractivity contribution in [1.29, 1.82) is 0 Å². The summed E-state index contributed by atoms with van der Waals surface area (Å²) in [6, 6.07) is 11.7. The number of methoxy groups -OCH3 is 2. The van der Waals surface area contributed by atoms with Crippen molar-refractivity contribution in [3.05, 3.63) is 59.4 Å². The maximum atomic E-state index is 13.0. The molecular formula is C18H20FNO3S. The van der Waals surface area contributed by atoms with E-state index in [0.717, 1.165) is 11.1 Å². The Labute approximate surface area is 146 Å². The van der Waals surface area contributed by atoms with Gasteiger partial charge in [0.15, 0.2) is 11.5 Å². The number of nitrogens with one attached hydrogen (secondary N) is 1. The lowest BCUT2D eigenvalue weighted by molar-refractivity contribution is 0.204. The van der Waals surface area contributed by atoms with Crippen molar-refractivity contribution in [3.8, 4) is 11.5 Å². The van der Waals surface area contributed by atoms with Gasteiger partial charge in [-0.3, -0.25) is 0 Å². The number of hydrogen-bond acceptors (Lipinski definition) is 4. The van der Waals surface area contributed by atoms with E-state index in [1.54, 1.807) is 32.4 Å². The van der Waals surface area contributed by atoms with Gasteiger partial charge in [0.05, 0.1) is 19.3 Å². The summed E-state index contributed by atoms with van der Waals surface area (Å²) in [7, 11) is 3.21. The Morgan fingerprint density at radius 1 is 1.12 bits per heavy atom. The van der Waals surface area contributed by atoms with E-state index in [2.05, 4.69) is 5.32 Å². The lowest BCUT2D eigenvalue weighted by Crippen LogP contribution is -2.26. The summed E-state index contributed by atoms with van der Waals surface area (Å²) in [5.41, 5.74) is 1.59. The Balaban J connectivity index is 2.16. The summed E-state index contributed by atoms with van der Waals surface area (Å²) in [6.45, 7) is 1.44. The minimum atomic E-state index is -0.278. The molecule has 0 aliphatic heterocycles. The van der Waals surface area contributed by atoms with Crippen LogP contribution in [0.4, 0.5) is 4.39 Å². The molecule has 4 nitrogen and oxygen atoms in total. The second-order valence-electron chi connectivity index (χ2n) is 5.00. The smallest absolute Gasteiger partial charge is 0.171 e. The Hall–Kier alpha value is -2.18. The standard InChI is InChI=1S/C18H20FNO3S/c1-21-11-10-20-18(24)15-4-3-5-16(22-2)17(15)23-12-13-6-8-14(19)9-7-13/h3-9H,10-12H2,1-2H3,(H,20,24). The van der Waals surface area contributed by atoms with E-state index in [1.165, 1.54) is 12.1 Å². The van der Waals surface area contributed by atoms with Crippen molar-refractivity contribution in [3.63, 3.8) is 0 Å². The number of halogens is 1. The van der Waals surface area contributed by atoms with Gasteiger partial charge in [0.25, 0.3) is 0 Å². The fourth-order valence-corrected chi connectivity index (χ4v) is 2.37. The molecule has 2 aromatic carbocycles. The second-order valence-corrected chi connectivity index (χ2v) is 5.41. The van der Waals surface area contributed by atoms with E-state index in [0.29, 0.717) is 29.6 Å². The fourth-order valence-electron chi connectivity index (χ4n) is 2.10. The van der Waals surface area contributed by atoms with Gasteiger partial charge in [0, 0.05) is 13.7 Å². The molecule has 6 heteroatoms. The molecule has 2 rings (SSSR count). The van der Waals surface area contributed by atoms with Crippen LogP contribution in [0.25, 0.3) is 0 Å². The fraction of sp³-hybridized carbons (Fsp3) is 0.278. The molecule has 0 unspecified atom stereocenters. The molecule has 0 saturated carbocycles. The Morgan fingerprint density at radius 3 is 2.54 bits per heavy atom. The molecule has 128 valence electrons. The summed E-state index contributed by atoms with van der Waals surface area (Å²) < 4.78 is 29.3. The number of ether oxygens (including phenoxy) is 3. The van der Waals surface area contributed by atoms with Crippen molar-refractivity contribution in [2.24, 2.45) is 0 Å². The average molecular weight is 349 g/mol. The third kappa shape index (κ3) is 4.91. The molecule has 0 amide bonds. The number of rotatable bonds is 8. The zero-order valence-electron chi connectivity index (χ0n) is 13.7. The van der Waals surface area contributed by atoms with Gasteiger partial charge in [0.1, 0.15) is 17.4 Å². The predicted octanol–water partition coefficient (Wildman–Crippen LogP) is 3.32. The summed E-state index contributed by atoms with van der Waals surface area (Å²) >= 11 is 5.43. The van der Waals surface area contributed by atoms with Gasteiger partial charge in [-0.05, 0) is 29.8 Å². The van der Waals surface area contributed by atoms with Gasteiger partial charge in [-0.2, -0.15) is 0 Å². The molecule has 0 spiro atoms. The number of thiocarbonyl (C=S) groups is 1. The zero-order valence-corrected chi connectivity index (χ0v) is 14.5. The minimum absolute atomic E-state index is 0.278. The molecule has 0 saturated heterocycles. The normalized spacial score (nSPS) is 10.3. The molecule has 0 heterocycles. The van der Waals surface area contributed by atoms with E-state index in [1.807, 2.05) is 12.1 Å². The molecule has 0 aliphatic carbocycles. The van der Waals surface area contributed by atoms with Gasteiger partial charge >= 0.3 is 0 Å². The van der Waals surface area contributed by atoms with Crippen molar-refractivity contribution in [1.82, 2.24) is 5.32 Å². The SMILES string of the molecule is COCCNC(=S)c1cccc(OC)c1OCc1ccc(F)cc1. The van der Waals surface area contributed by atoms with Crippen LogP contribution in [0.2, 0.25) is 0 Å². The molecule has 2 aromatic rings. The topological polar surface area (TPSA) is 39.7 Å². The first-order chi connectivity index (χ1) is 11.7. The Kier molecular flexibility index (Phi) is 6.96. The van der Waals surface area contributed by atoms with Gasteiger partial charge in [-0.25, -0.2) is 4.39 Å². The van der Waals surface area contributed by atoms with Crippen LogP contribution >= 0.6 is 12.2 Å². The lowest BCUT2D eigenvalue weighted by Gasteiger charge is -2.16. The van der Waals surface area contributed by atoms with Crippen molar-refractivity contribution < 1.29 is 18.6 Å². The van der Waals surface area contributed by atoms with Crippen LogP contribution in [0.3, 0.4) is 0 Å². The highest BCUT2D eigenvalue weighted by Gasteiger charge is 2.14. The molecule has 0 radical (unpaired) electrons. The maximum absolute atomic E-state index is 13.0. The molecule has 0 aromatic heterocycles. The predicted molar refractivity (Wildman–Crippen MR) is 95.3 cm³/mol. The Bertz CT molecular complexity index is 676. The average Bonchev–Trinajstić information content (AvgIpc) is 2.61. The number of hydrogen-bond donors (Lipinski definition) is 1. The Morgan fingerprint density at radius 2 is 1.88 bits per heavy atom. The molecule has 0 aliphatic rings. The molecule has 0 atom stereocenters. The summed E-state index contributed by atoms with van der Waals surface area (Å²) in [4.78, 5) is 0.556. The first-order valence-corrected chi connectivity index (χ1v) is 7.88. The summed E-state index contributed by atoms with van der Waals surface area (Å²) in [6.07, 6.45) is 0.